The lowest BCUT2D eigenvalue weighted by atomic mass is 10.1. The molecular weight excluding hydrogens is 200 g/mol. The normalized spacial score (nSPS) is 20.9. The van der Waals surface area contributed by atoms with Crippen molar-refractivity contribution in [1.29, 1.82) is 0 Å². The molecule has 2 rings (SSSR count). The minimum atomic E-state index is 0.640. The standard InChI is InChI=1S/C12H22O.C2H4O/c1-2-3-4-5-6-7-8-9-10-12-11-13-12;1-2-3-1/h2,12H,1,3-11H2;1-2H2. The molecule has 0 aromatic rings. The summed E-state index contributed by atoms with van der Waals surface area (Å²) in [6.45, 7) is 6.75. The summed E-state index contributed by atoms with van der Waals surface area (Å²) in [5, 5.41) is 0. The number of rotatable bonds is 9. The van der Waals surface area contributed by atoms with Crippen LogP contribution in [0.1, 0.15) is 51.4 Å². The lowest BCUT2D eigenvalue weighted by Gasteiger charge is -1.99. The Hall–Kier alpha value is -0.340. The minimum absolute atomic E-state index is 0.640. The molecule has 2 fully saturated rings. The van der Waals surface area contributed by atoms with Crippen molar-refractivity contribution in [1.82, 2.24) is 0 Å². The lowest BCUT2D eigenvalue weighted by Crippen LogP contribution is -1.85. The molecule has 2 nitrogen and oxygen atoms in total. The van der Waals surface area contributed by atoms with Gasteiger partial charge in [-0.3, -0.25) is 0 Å². The van der Waals surface area contributed by atoms with Gasteiger partial charge in [-0.05, 0) is 19.3 Å². The van der Waals surface area contributed by atoms with E-state index in [1.165, 1.54) is 51.4 Å². The summed E-state index contributed by atoms with van der Waals surface area (Å²) >= 11 is 0. The Morgan fingerprint density at radius 3 is 2.06 bits per heavy atom. The number of ether oxygens (including phenoxy) is 2. The van der Waals surface area contributed by atoms with Gasteiger partial charge in [-0.2, -0.15) is 0 Å². The molecular formula is C14H26O2. The SMILES string of the molecule is C1CO1.C=CCCCCCCCCC1CO1. The van der Waals surface area contributed by atoms with Crippen molar-refractivity contribution in [3.05, 3.63) is 12.7 Å². The van der Waals surface area contributed by atoms with Gasteiger partial charge in [0.05, 0.1) is 25.9 Å². The van der Waals surface area contributed by atoms with Gasteiger partial charge in [0.15, 0.2) is 0 Å². The number of allylic oxidation sites excluding steroid dienone is 1. The molecule has 0 amide bonds. The van der Waals surface area contributed by atoms with Crippen LogP contribution in [0, 0.1) is 0 Å². The van der Waals surface area contributed by atoms with E-state index >= 15 is 0 Å². The van der Waals surface area contributed by atoms with Crippen molar-refractivity contribution < 1.29 is 9.47 Å². The smallest absolute Gasteiger partial charge is 0.0810 e. The van der Waals surface area contributed by atoms with Gasteiger partial charge in [0.2, 0.25) is 0 Å². The van der Waals surface area contributed by atoms with Gasteiger partial charge >= 0.3 is 0 Å². The number of unbranched alkanes of at least 4 members (excludes halogenated alkanes) is 6. The van der Waals surface area contributed by atoms with E-state index in [2.05, 4.69) is 11.3 Å². The summed E-state index contributed by atoms with van der Waals surface area (Å²) in [7, 11) is 0. The van der Waals surface area contributed by atoms with Crippen LogP contribution in [0.15, 0.2) is 12.7 Å². The Morgan fingerprint density at radius 1 is 1.00 bits per heavy atom. The van der Waals surface area contributed by atoms with Crippen molar-refractivity contribution in [3.8, 4) is 0 Å². The average Bonchev–Trinajstić information content (AvgIpc) is 3.16. The molecule has 2 aliphatic heterocycles. The fourth-order valence-corrected chi connectivity index (χ4v) is 1.60. The number of hydrogen-bond acceptors (Lipinski definition) is 2. The Labute approximate surface area is 100 Å². The van der Waals surface area contributed by atoms with Gasteiger partial charge in [0.1, 0.15) is 0 Å². The zero-order chi connectivity index (χ0) is 11.5. The summed E-state index contributed by atoms with van der Waals surface area (Å²) in [5.41, 5.74) is 0. The second-order valence-corrected chi connectivity index (χ2v) is 4.56. The van der Waals surface area contributed by atoms with E-state index < -0.39 is 0 Å². The first-order valence-corrected chi connectivity index (χ1v) is 6.73. The van der Waals surface area contributed by atoms with Crippen LogP contribution in [0.4, 0.5) is 0 Å². The highest BCUT2D eigenvalue weighted by Crippen LogP contribution is 2.18. The molecule has 0 aromatic heterocycles. The molecule has 94 valence electrons. The third-order valence-corrected chi connectivity index (χ3v) is 2.79. The summed E-state index contributed by atoms with van der Waals surface area (Å²) in [6, 6.07) is 0. The van der Waals surface area contributed by atoms with Crippen LogP contribution in [0.25, 0.3) is 0 Å². The van der Waals surface area contributed by atoms with E-state index in [1.54, 1.807) is 0 Å². The van der Waals surface area contributed by atoms with E-state index in [9.17, 15) is 0 Å². The van der Waals surface area contributed by atoms with Crippen molar-refractivity contribution >= 4 is 0 Å². The summed E-state index contributed by atoms with van der Waals surface area (Å²) in [4.78, 5) is 0. The van der Waals surface area contributed by atoms with Crippen LogP contribution in [0.2, 0.25) is 0 Å². The van der Waals surface area contributed by atoms with Crippen molar-refractivity contribution in [2.24, 2.45) is 0 Å². The number of hydrogen-bond donors (Lipinski definition) is 0. The molecule has 2 heteroatoms. The molecule has 0 bridgehead atoms. The first kappa shape index (κ1) is 13.7. The van der Waals surface area contributed by atoms with E-state index in [4.69, 9.17) is 4.74 Å². The van der Waals surface area contributed by atoms with Crippen molar-refractivity contribution in [2.45, 2.75) is 57.5 Å². The Balaban J connectivity index is 0.000000365. The fourth-order valence-electron chi connectivity index (χ4n) is 1.60. The minimum Gasteiger partial charge on any atom is -0.377 e. The molecule has 0 aliphatic carbocycles. The summed E-state index contributed by atoms with van der Waals surface area (Å²) in [6.07, 6.45) is 13.4. The maximum atomic E-state index is 5.16. The van der Waals surface area contributed by atoms with Gasteiger partial charge < -0.3 is 9.47 Å². The second kappa shape index (κ2) is 9.86. The summed E-state index contributed by atoms with van der Waals surface area (Å²) < 4.78 is 9.66. The zero-order valence-corrected chi connectivity index (χ0v) is 10.5. The van der Waals surface area contributed by atoms with Gasteiger partial charge in [-0.25, -0.2) is 0 Å². The molecule has 0 aromatic carbocycles. The Kier molecular flexibility index (Phi) is 8.45. The Morgan fingerprint density at radius 2 is 1.56 bits per heavy atom. The molecule has 2 heterocycles. The first-order chi connectivity index (χ1) is 7.93. The highest BCUT2D eigenvalue weighted by molar-refractivity contribution is 4.68. The molecule has 0 spiro atoms. The van der Waals surface area contributed by atoms with Crippen LogP contribution in [0.3, 0.4) is 0 Å². The van der Waals surface area contributed by atoms with Gasteiger partial charge in [-0.15, -0.1) is 6.58 Å². The second-order valence-electron chi connectivity index (χ2n) is 4.56. The highest BCUT2D eigenvalue weighted by atomic mass is 16.6. The topological polar surface area (TPSA) is 25.1 Å². The van der Waals surface area contributed by atoms with Gasteiger partial charge in [0, 0.05) is 0 Å². The predicted molar refractivity (Wildman–Crippen MR) is 67.7 cm³/mol. The van der Waals surface area contributed by atoms with E-state index in [0.717, 1.165) is 19.8 Å². The maximum absolute atomic E-state index is 5.16. The van der Waals surface area contributed by atoms with Crippen LogP contribution >= 0.6 is 0 Å². The molecule has 1 atom stereocenters. The van der Waals surface area contributed by atoms with Crippen molar-refractivity contribution in [3.63, 3.8) is 0 Å². The molecule has 0 N–H and O–H groups in total. The Bertz CT molecular complexity index is 159. The molecule has 0 radical (unpaired) electrons. The molecule has 1 unspecified atom stereocenters. The quantitative estimate of drug-likeness (QED) is 0.340. The van der Waals surface area contributed by atoms with Gasteiger partial charge in [0.25, 0.3) is 0 Å². The largest absolute Gasteiger partial charge is 0.377 e. The highest BCUT2D eigenvalue weighted by Gasteiger charge is 2.20. The van der Waals surface area contributed by atoms with Crippen LogP contribution in [0.5, 0.6) is 0 Å². The third-order valence-electron chi connectivity index (χ3n) is 2.79. The van der Waals surface area contributed by atoms with Crippen LogP contribution in [-0.4, -0.2) is 25.9 Å². The third kappa shape index (κ3) is 11.7. The van der Waals surface area contributed by atoms with E-state index in [-0.39, 0.29) is 0 Å². The first-order valence-electron chi connectivity index (χ1n) is 6.73. The van der Waals surface area contributed by atoms with E-state index in [0.29, 0.717) is 6.10 Å². The average molecular weight is 226 g/mol. The fraction of sp³-hybridized carbons (Fsp3) is 0.857. The predicted octanol–water partition coefficient (Wildman–Crippen LogP) is 3.71. The van der Waals surface area contributed by atoms with E-state index in [1.807, 2.05) is 6.08 Å². The molecule has 2 saturated heterocycles. The zero-order valence-electron chi connectivity index (χ0n) is 10.5. The maximum Gasteiger partial charge on any atom is 0.0810 e. The molecule has 0 saturated carbocycles. The monoisotopic (exact) mass is 226 g/mol. The molecule has 16 heavy (non-hydrogen) atoms. The van der Waals surface area contributed by atoms with Crippen molar-refractivity contribution in [2.75, 3.05) is 19.8 Å². The molecule has 2 aliphatic rings. The summed E-state index contributed by atoms with van der Waals surface area (Å²) in [5.74, 6) is 0. The lowest BCUT2D eigenvalue weighted by molar-refractivity contribution is 0.387. The van der Waals surface area contributed by atoms with Gasteiger partial charge in [-0.1, -0.05) is 38.2 Å². The number of epoxide rings is 2. The van der Waals surface area contributed by atoms with Crippen LogP contribution in [-0.2, 0) is 9.47 Å². The van der Waals surface area contributed by atoms with Crippen LogP contribution < -0.4 is 0 Å².